The zero-order valence-corrected chi connectivity index (χ0v) is 10.2. The summed E-state index contributed by atoms with van der Waals surface area (Å²) in [4.78, 5) is 4.48. The maximum atomic E-state index is 13.5. The highest BCUT2D eigenvalue weighted by atomic mass is 19.1. The summed E-state index contributed by atoms with van der Waals surface area (Å²) in [6.07, 6.45) is 2.82. The van der Waals surface area contributed by atoms with Crippen LogP contribution in [-0.4, -0.2) is 6.21 Å². The van der Waals surface area contributed by atoms with Gasteiger partial charge in [0.1, 0.15) is 5.82 Å². The molecule has 0 spiro atoms. The quantitative estimate of drug-likeness (QED) is 0.698. The number of fused-ring (bicyclic) bond motifs is 2. The Morgan fingerprint density at radius 2 is 1.94 bits per heavy atom. The molecule has 1 nitrogen and oxygen atoms in total. The number of benzene rings is 2. The number of aliphatic imine (C=N–C) groups is 1. The number of halogens is 1. The van der Waals surface area contributed by atoms with Crippen molar-refractivity contribution in [1.82, 2.24) is 0 Å². The van der Waals surface area contributed by atoms with Crippen LogP contribution in [0.4, 0.5) is 10.1 Å². The van der Waals surface area contributed by atoms with Crippen LogP contribution >= 0.6 is 0 Å². The number of nitrogens with zero attached hydrogens (tertiary/aromatic N) is 1. The molecule has 0 aromatic heterocycles. The fourth-order valence-electron chi connectivity index (χ4n) is 2.61. The van der Waals surface area contributed by atoms with Crippen molar-refractivity contribution in [2.24, 2.45) is 4.99 Å². The second-order valence-corrected chi connectivity index (χ2v) is 4.55. The van der Waals surface area contributed by atoms with Crippen molar-refractivity contribution in [1.29, 1.82) is 0 Å². The summed E-state index contributed by atoms with van der Waals surface area (Å²) in [6, 6.07) is 13.0. The number of hydrogen-bond donors (Lipinski definition) is 0. The summed E-state index contributed by atoms with van der Waals surface area (Å²) >= 11 is 0. The van der Waals surface area contributed by atoms with Gasteiger partial charge < -0.3 is 0 Å². The van der Waals surface area contributed by atoms with Crippen molar-refractivity contribution >= 4 is 11.9 Å². The van der Waals surface area contributed by atoms with E-state index in [4.69, 9.17) is 0 Å². The molecule has 2 aromatic rings. The Balaban J connectivity index is 2.26. The van der Waals surface area contributed by atoms with Gasteiger partial charge in [0.25, 0.3) is 0 Å². The second kappa shape index (κ2) is 4.37. The zero-order chi connectivity index (χ0) is 12.5. The first-order valence-electron chi connectivity index (χ1n) is 6.22. The Morgan fingerprint density at radius 1 is 1.11 bits per heavy atom. The molecule has 3 rings (SSSR count). The number of rotatable bonds is 1. The smallest absolute Gasteiger partial charge is 0.123 e. The minimum Gasteiger partial charge on any atom is -0.256 e. The summed E-state index contributed by atoms with van der Waals surface area (Å²) in [5, 5.41) is 0. The lowest BCUT2D eigenvalue weighted by Gasteiger charge is -2.17. The zero-order valence-electron chi connectivity index (χ0n) is 10.2. The van der Waals surface area contributed by atoms with E-state index in [0.29, 0.717) is 0 Å². The molecule has 1 aliphatic rings. The molecule has 0 aliphatic carbocycles. The van der Waals surface area contributed by atoms with E-state index in [1.807, 2.05) is 18.3 Å². The van der Waals surface area contributed by atoms with Gasteiger partial charge >= 0.3 is 0 Å². The third kappa shape index (κ3) is 1.74. The van der Waals surface area contributed by atoms with E-state index < -0.39 is 0 Å². The molecule has 90 valence electrons. The molecule has 1 aliphatic heterocycles. The van der Waals surface area contributed by atoms with Crippen molar-refractivity contribution in [3.63, 3.8) is 0 Å². The molecule has 2 heteroatoms. The minimum atomic E-state index is -0.193. The van der Waals surface area contributed by atoms with Crippen molar-refractivity contribution in [3.05, 3.63) is 65.0 Å². The van der Waals surface area contributed by atoms with E-state index >= 15 is 0 Å². The normalized spacial score (nSPS) is 16.9. The second-order valence-electron chi connectivity index (χ2n) is 4.55. The predicted octanol–water partition coefficient (Wildman–Crippen LogP) is 4.43. The molecule has 2 aromatic carbocycles. The summed E-state index contributed by atoms with van der Waals surface area (Å²) < 4.78 is 13.5. The first-order valence-corrected chi connectivity index (χ1v) is 6.22. The molecular formula is C16H14FN. The fourth-order valence-corrected chi connectivity index (χ4v) is 2.61. The highest BCUT2D eigenvalue weighted by molar-refractivity contribution is 5.86. The molecule has 1 heterocycles. The van der Waals surface area contributed by atoms with Gasteiger partial charge in [0, 0.05) is 12.1 Å². The highest BCUT2D eigenvalue weighted by Gasteiger charge is 2.20. The molecule has 0 N–H and O–H groups in total. The van der Waals surface area contributed by atoms with Gasteiger partial charge in [0.2, 0.25) is 0 Å². The van der Waals surface area contributed by atoms with Gasteiger partial charge in [0.15, 0.2) is 0 Å². The maximum absolute atomic E-state index is 13.5. The summed E-state index contributed by atoms with van der Waals surface area (Å²) in [5.41, 5.74) is 4.22. The third-order valence-electron chi connectivity index (χ3n) is 3.49. The van der Waals surface area contributed by atoms with Crippen molar-refractivity contribution in [2.75, 3.05) is 0 Å². The molecule has 1 unspecified atom stereocenters. The fraction of sp³-hybridized carbons (Fsp3) is 0.188. The predicted molar refractivity (Wildman–Crippen MR) is 72.2 cm³/mol. The first kappa shape index (κ1) is 11.1. The van der Waals surface area contributed by atoms with Gasteiger partial charge in [-0.1, -0.05) is 31.2 Å². The van der Waals surface area contributed by atoms with Crippen LogP contribution in [0.1, 0.15) is 36.0 Å². The van der Waals surface area contributed by atoms with E-state index in [9.17, 15) is 4.39 Å². The van der Waals surface area contributed by atoms with Crippen LogP contribution < -0.4 is 0 Å². The summed E-state index contributed by atoms with van der Waals surface area (Å²) in [5.74, 6) is 0.0242. The molecule has 0 saturated carbocycles. The van der Waals surface area contributed by atoms with Gasteiger partial charge in [-0.25, -0.2) is 4.39 Å². The van der Waals surface area contributed by atoms with Gasteiger partial charge in [-0.3, -0.25) is 4.99 Å². The Labute approximate surface area is 106 Å². The SMILES string of the molecule is CCC1c2ccccc2C=Nc2ccc(F)cc21. The van der Waals surface area contributed by atoms with Gasteiger partial charge in [-0.05, 0) is 41.3 Å². The van der Waals surface area contributed by atoms with Gasteiger partial charge in [-0.15, -0.1) is 0 Å². The molecule has 0 saturated heterocycles. The van der Waals surface area contributed by atoms with Crippen LogP contribution in [0.5, 0.6) is 0 Å². The molecule has 0 bridgehead atoms. The lowest BCUT2D eigenvalue weighted by molar-refractivity contribution is 0.622. The van der Waals surface area contributed by atoms with E-state index in [1.54, 1.807) is 12.1 Å². The van der Waals surface area contributed by atoms with E-state index in [0.717, 1.165) is 23.2 Å². The van der Waals surface area contributed by atoms with Crippen molar-refractivity contribution < 1.29 is 4.39 Å². The van der Waals surface area contributed by atoms with Crippen LogP contribution in [0.3, 0.4) is 0 Å². The average molecular weight is 239 g/mol. The Morgan fingerprint density at radius 3 is 2.78 bits per heavy atom. The lowest BCUT2D eigenvalue weighted by atomic mass is 9.86. The van der Waals surface area contributed by atoms with Gasteiger partial charge in [0.05, 0.1) is 5.69 Å². The topological polar surface area (TPSA) is 12.4 Å². The Bertz CT molecular complexity index is 616. The van der Waals surface area contributed by atoms with E-state index in [-0.39, 0.29) is 11.7 Å². The number of hydrogen-bond acceptors (Lipinski definition) is 1. The summed E-state index contributed by atoms with van der Waals surface area (Å²) in [7, 11) is 0. The van der Waals surface area contributed by atoms with Crippen LogP contribution in [0.25, 0.3) is 0 Å². The summed E-state index contributed by atoms with van der Waals surface area (Å²) in [6.45, 7) is 2.13. The molecule has 0 fully saturated rings. The van der Waals surface area contributed by atoms with Gasteiger partial charge in [-0.2, -0.15) is 0 Å². The molecular weight excluding hydrogens is 225 g/mol. The van der Waals surface area contributed by atoms with E-state index in [2.05, 4.69) is 24.0 Å². The lowest BCUT2D eigenvalue weighted by Crippen LogP contribution is -2.02. The van der Waals surface area contributed by atoms with Crippen LogP contribution in [0.15, 0.2) is 47.5 Å². The average Bonchev–Trinajstić information content (AvgIpc) is 2.54. The van der Waals surface area contributed by atoms with Crippen LogP contribution in [0.2, 0.25) is 0 Å². The minimum absolute atomic E-state index is 0.193. The first-order chi connectivity index (χ1) is 8.79. The van der Waals surface area contributed by atoms with Crippen molar-refractivity contribution in [2.45, 2.75) is 19.3 Å². The molecule has 18 heavy (non-hydrogen) atoms. The monoisotopic (exact) mass is 239 g/mol. The largest absolute Gasteiger partial charge is 0.256 e. The highest BCUT2D eigenvalue weighted by Crippen LogP contribution is 2.38. The van der Waals surface area contributed by atoms with E-state index in [1.165, 1.54) is 11.6 Å². The Hall–Kier alpha value is -1.96. The molecule has 0 amide bonds. The van der Waals surface area contributed by atoms with Crippen molar-refractivity contribution in [3.8, 4) is 0 Å². The standard InChI is InChI=1S/C16H14FN/c1-2-13-14-6-4-3-5-11(14)10-18-16-8-7-12(17)9-15(13)16/h3-10,13H,2H2,1H3. The Kier molecular flexibility index (Phi) is 2.71. The van der Waals surface area contributed by atoms with Crippen LogP contribution in [0, 0.1) is 5.82 Å². The molecule has 0 radical (unpaired) electrons. The third-order valence-corrected chi connectivity index (χ3v) is 3.49. The molecule has 1 atom stereocenters. The van der Waals surface area contributed by atoms with Crippen LogP contribution in [-0.2, 0) is 0 Å². The maximum Gasteiger partial charge on any atom is 0.123 e.